The Morgan fingerprint density at radius 1 is 1.41 bits per heavy atom. The number of methoxy groups -OCH3 is 1. The van der Waals surface area contributed by atoms with E-state index in [1.54, 1.807) is 7.11 Å². The van der Waals surface area contributed by atoms with Gasteiger partial charge in [0.15, 0.2) is 0 Å². The monoisotopic (exact) mass is 248 g/mol. The largest absolute Gasteiger partial charge is 0.417 e. The first-order chi connectivity index (χ1) is 7.93. The molecule has 0 radical (unpaired) electrons. The zero-order chi connectivity index (χ0) is 12.9. The molecule has 6 heteroatoms. The molecule has 3 nitrogen and oxygen atoms in total. The van der Waals surface area contributed by atoms with Crippen LogP contribution in [0.4, 0.5) is 19.0 Å². The number of rotatable bonds is 5. The van der Waals surface area contributed by atoms with Crippen LogP contribution in [0.1, 0.15) is 18.9 Å². The summed E-state index contributed by atoms with van der Waals surface area (Å²) in [5.41, 5.74) is -0.743. The lowest BCUT2D eigenvalue weighted by Crippen LogP contribution is -2.18. The Balaban J connectivity index is 2.56. The molecule has 1 unspecified atom stereocenters. The third kappa shape index (κ3) is 4.60. The van der Waals surface area contributed by atoms with Crippen LogP contribution in [0.3, 0.4) is 0 Å². The van der Waals surface area contributed by atoms with Gasteiger partial charge >= 0.3 is 6.18 Å². The number of nitrogens with one attached hydrogen (secondary N) is 1. The van der Waals surface area contributed by atoms with Crippen LogP contribution in [0.15, 0.2) is 18.3 Å². The molecule has 1 aromatic rings. The molecule has 1 atom stereocenters. The summed E-state index contributed by atoms with van der Waals surface area (Å²) < 4.78 is 41.7. The highest BCUT2D eigenvalue weighted by atomic mass is 19.4. The summed E-state index contributed by atoms with van der Waals surface area (Å²) in [7, 11) is 1.60. The molecule has 0 bridgehead atoms. The van der Waals surface area contributed by atoms with E-state index in [1.807, 2.05) is 6.92 Å². The van der Waals surface area contributed by atoms with E-state index < -0.39 is 11.7 Å². The Kier molecular flexibility index (Phi) is 4.74. The Bertz CT molecular complexity index is 338. The number of anilines is 1. The molecule has 0 aliphatic carbocycles. The van der Waals surface area contributed by atoms with Crippen LogP contribution in [-0.4, -0.2) is 24.7 Å². The highest BCUT2D eigenvalue weighted by Gasteiger charge is 2.30. The second-order valence-electron chi connectivity index (χ2n) is 3.76. The standard InChI is InChI=1S/C11H15F3N2O/c1-8(5-6-17-2)16-10-4-3-9(7-15-10)11(12,13)14/h3-4,7-8H,5-6H2,1-2H3,(H,15,16). The second kappa shape index (κ2) is 5.86. The van der Waals surface area contributed by atoms with Gasteiger partial charge in [0.05, 0.1) is 5.56 Å². The number of nitrogens with zero attached hydrogens (tertiary/aromatic N) is 1. The zero-order valence-corrected chi connectivity index (χ0v) is 9.71. The maximum Gasteiger partial charge on any atom is 0.417 e. The number of pyridine rings is 1. The molecular weight excluding hydrogens is 233 g/mol. The number of aromatic nitrogens is 1. The smallest absolute Gasteiger partial charge is 0.385 e. The lowest BCUT2D eigenvalue weighted by molar-refractivity contribution is -0.137. The first-order valence-electron chi connectivity index (χ1n) is 5.22. The fourth-order valence-electron chi connectivity index (χ4n) is 1.27. The lowest BCUT2D eigenvalue weighted by Gasteiger charge is -2.14. The summed E-state index contributed by atoms with van der Waals surface area (Å²) in [5, 5.41) is 3.00. The molecule has 0 aliphatic rings. The third-order valence-corrected chi connectivity index (χ3v) is 2.24. The van der Waals surface area contributed by atoms with Crippen LogP contribution in [0, 0.1) is 0 Å². The molecule has 1 N–H and O–H groups in total. The van der Waals surface area contributed by atoms with E-state index in [1.165, 1.54) is 6.07 Å². The van der Waals surface area contributed by atoms with Crippen LogP contribution >= 0.6 is 0 Å². The molecule has 0 fully saturated rings. The quantitative estimate of drug-likeness (QED) is 0.869. The summed E-state index contributed by atoms with van der Waals surface area (Å²) in [6, 6.07) is 2.43. The lowest BCUT2D eigenvalue weighted by atomic mass is 10.2. The van der Waals surface area contributed by atoms with E-state index in [9.17, 15) is 13.2 Å². The molecule has 0 spiro atoms. The van der Waals surface area contributed by atoms with Gasteiger partial charge in [0.1, 0.15) is 5.82 Å². The van der Waals surface area contributed by atoms with Crippen LogP contribution in [0.5, 0.6) is 0 Å². The van der Waals surface area contributed by atoms with Crippen LogP contribution in [0.2, 0.25) is 0 Å². The number of alkyl halides is 3. The topological polar surface area (TPSA) is 34.1 Å². The minimum atomic E-state index is -4.34. The van der Waals surface area contributed by atoms with Crippen molar-refractivity contribution in [3.63, 3.8) is 0 Å². The number of halogens is 3. The first kappa shape index (κ1) is 13.8. The van der Waals surface area contributed by atoms with Gasteiger partial charge in [0.2, 0.25) is 0 Å². The fourth-order valence-corrected chi connectivity index (χ4v) is 1.27. The normalized spacial score (nSPS) is 13.5. The van der Waals surface area contributed by atoms with Crippen molar-refractivity contribution in [3.8, 4) is 0 Å². The molecule has 0 aromatic carbocycles. The van der Waals surface area contributed by atoms with Gasteiger partial charge in [-0.15, -0.1) is 0 Å². The van der Waals surface area contributed by atoms with Gasteiger partial charge in [-0.2, -0.15) is 13.2 Å². The van der Waals surface area contributed by atoms with E-state index in [0.717, 1.165) is 18.7 Å². The van der Waals surface area contributed by atoms with Crippen molar-refractivity contribution in [2.45, 2.75) is 25.6 Å². The summed E-state index contributed by atoms with van der Waals surface area (Å²) >= 11 is 0. The van der Waals surface area contributed by atoms with Crippen LogP contribution in [-0.2, 0) is 10.9 Å². The SMILES string of the molecule is COCCC(C)Nc1ccc(C(F)(F)F)cn1. The van der Waals surface area contributed by atoms with Gasteiger partial charge in [0, 0.05) is 26.0 Å². The van der Waals surface area contributed by atoms with Crippen LogP contribution < -0.4 is 5.32 Å². The second-order valence-corrected chi connectivity index (χ2v) is 3.76. The first-order valence-corrected chi connectivity index (χ1v) is 5.22. The predicted molar refractivity (Wildman–Crippen MR) is 58.8 cm³/mol. The van der Waals surface area contributed by atoms with Crippen molar-refractivity contribution in [2.24, 2.45) is 0 Å². The number of ether oxygens (including phenoxy) is 1. The molecule has 1 rings (SSSR count). The average molecular weight is 248 g/mol. The fraction of sp³-hybridized carbons (Fsp3) is 0.545. The van der Waals surface area contributed by atoms with Crippen molar-refractivity contribution in [1.82, 2.24) is 4.98 Å². The Morgan fingerprint density at radius 3 is 2.59 bits per heavy atom. The molecule has 96 valence electrons. The van der Waals surface area contributed by atoms with Gasteiger partial charge in [-0.3, -0.25) is 0 Å². The van der Waals surface area contributed by atoms with Crippen molar-refractivity contribution in [1.29, 1.82) is 0 Å². The van der Waals surface area contributed by atoms with E-state index >= 15 is 0 Å². The van der Waals surface area contributed by atoms with Crippen molar-refractivity contribution in [2.75, 3.05) is 19.0 Å². The Morgan fingerprint density at radius 2 is 2.12 bits per heavy atom. The maximum atomic E-state index is 12.3. The Hall–Kier alpha value is -1.30. The third-order valence-electron chi connectivity index (χ3n) is 2.24. The summed E-state index contributed by atoms with van der Waals surface area (Å²) in [6.07, 6.45) is -2.75. The van der Waals surface area contributed by atoms with Gasteiger partial charge in [-0.1, -0.05) is 0 Å². The Labute approximate surface area is 98.0 Å². The molecule has 17 heavy (non-hydrogen) atoms. The average Bonchev–Trinajstić information content (AvgIpc) is 2.26. The van der Waals surface area contributed by atoms with E-state index in [4.69, 9.17) is 4.74 Å². The summed E-state index contributed by atoms with van der Waals surface area (Å²) in [6.45, 7) is 2.51. The van der Waals surface area contributed by atoms with Gasteiger partial charge in [-0.25, -0.2) is 4.98 Å². The minimum Gasteiger partial charge on any atom is -0.385 e. The summed E-state index contributed by atoms with van der Waals surface area (Å²) in [5.74, 6) is 0.432. The van der Waals surface area contributed by atoms with Crippen molar-refractivity contribution >= 4 is 5.82 Å². The van der Waals surface area contributed by atoms with Crippen LogP contribution in [0.25, 0.3) is 0 Å². The van der Waals surface area contributed by atoms with Crippen molar-refractivity contribution in [3.05, 3.63) is 23.9 Å². The highest BCUT2D eigenvalue weighted by Crippen LogP contribution is 2.28. The number of hydrogen-bond donors (Lipinski definition) is 1. The summed E-state index contributed by atoms with van der Waals surface area (Å²) in [4.78, 5) is 3.72. The zero-order valence-electron chi connectivity index (χ0n) is 9.71. The van der Waals surface area contributed by atoms with Gasteiger partial charge in [0.25, 0.3) is 0 Å². The van der Waals surface area contributed by atoms with Gasteiger partial charge < -0.3 is 10.1 Å². The molecule has 0 amide bonds. The molecule has 1 aromatic heterocycles. The highest BCUT2D eigenvalue weighted by molar-refractivity contribution is 5.36. The van der Waals surface area contributed by atoms with E-state index in [0.29, 0.717) is 12.4 Å². The van der Waals surface area contributed by atoms with Crippen molar-refractivity contribution < 1.29 is 17.9 Å². The number of hydrogen-bond acceptors (Lipinski definition) is 3. The minimum absolute atomic E-state index is 0.0965. The van der Waals surface area contributed by atoms with Gasteiger partial charge in [-0.05, 0) is 25.5 Å². The molecule has 0 saturated carbocycles. The molecule has 1 heterocycles. The molecule has 0 saturated heterocycles. The maximum absolute atomic E-state index is 12.3. The molecular formula is C11H15F3N2O. The van der Waals surface area contributed by atoms with E-state index in [-0.39, 0.29) is 6.04 Å². The van der Waals surface area contributed by atoms with E-state index in [2.05, 4.69) is 10.3 Å². The predicted octanol–water partition coefficient (Wildman–Crippen LogP) is 2.94. The molecule has 0 aliphatic heterocycles.